The van der Waals surface area contributed by atoms with E-state index in [0.717, 1.165) is 19.0 Å². The monoisotopic (exact) mass is 325 g/mol. The molecular formula is C16H24FN3O3. The first-order valence-corrected chi connectivity index (χ1v) is 7.72. The highest BCUT2D eigenvalue weighted by molar-refractivity contribution is 5.68. The molecule has 23 heavy (non-hydrogen) atoms. The first kappa shape index (κ1) is 17.3. The van der Waals surface area contributed by atoms with Crippen molar-refractivity contribution < 1.29 is 18.7 Å². The maximum Gasteiger partial charge on any atom is 0.410 e. The fourth-order valence-electron chi connectivity index (χ4n) is 2.49. The Labute approximate surface area is 136 Å². The van der Waals surface area contributed by atoms with E-state index in [4.69, 9.17) is 9.47 Å². The van der Waals surface area contributed by atoms with Crippen LogP contribution in [0.1, 0.15) is 33.6 Å². The highest BCUT2D eigenvalue weighted by atomic mass is 19.1. The number of nitrogens with one attached hydrogen (secondary N) is 1. The van der Waals surface area contributed by atoms with Crippen molar-refractivity contribution in [2.75, 3.05) is 25.5 Å². The van der Waals surface area contributed by atoms with Gasteiger partial charge in [0.25, 0.3) is 0 Å². The molecule has 0 spiro atoms. The highest BCUT2D eigenvalue weighted by Crippen LogP contribution is 2.28. The summed E-state index contributed by atoms with van der Waals surface area (Å²) >= 11 is 0. The molecule has 0 saturated carbocycles. The summed E-state index contributed by atoms with van der Waals surface area (Å²) < 4.78 is 24.1. The number of methoxy groups -OCH3 is 1. The smallest absolute Gasteiger partial charge is 0.410 e. The van der Waals surface area contributed by atoms with Crippen molar-refractivity contribution in [3.8, 4) is 5.75 Å². The number of hydrogen-bond acceptors (Lipinski definition) is 5. The molecule has 6 nitrogen and oxygen atoms in total. The van der Waals surface area contributed by atoms with E-state index in [1.807, 2.05) is 20.8 Å². The summed E-state index contributed by atoms with van der Waals surface area (Å²) in [5, 5.41) is 3.24. The minimum atomic E-state index is -0.497. The molecule has 1 aliphatic rings. The quantitative estimate of drug-likeness (QED) is 0.925. The molecule has 7 heteroatoms. The predicted octanol–water partition coefficient (Wildman–Crippen LogP) is 3.04. The van der Waals surface area contributed by atoms with Crippen LogP contribution in [0.3, 0.4) is 0 Å². The number of piperidine rings is 1. The fraction of sp³-hybridized carbons (Fsp3) is 0.625. The van der Waals surface area contributed by atoms with E-state index in [0.29, 0.717) is 18.8 Å². The number of anilines is 1. The normalized spacial score (nSPS) is 16.1. The van der Waals surface area contributed by atoms with Gasteiger partial charge < -0.3 is 19.7 Å². The van der Waals surface area contributed by atoms with E-state index in [-0.39, 0.29) is 17.9 Å². The number of hydrogen-bond donors (Lipinski definition) is 1. The van der Waals surface area contributed by atoms with E-state index in [2.05, 4.69) is 10.3 Å². The summed E-state index contributed by atoms with van der Waals surface area (Å²) in [6.07, 6.45) is 3.87. The molecular weight excluding hydrogens is 301 g/mol. The van der Waals surface area contributed by atoms with Gasteiger partial charge in [-0.25, -0.2) is 9.18 Å². The average molecular weight is 325 g/mol. The first-order chi connectivity index (χ1) is 10.8. The van der Waals surface area contributed by atoms with E-state index in [1.165, 1.54) is 7.11 Å². The van der Waals surface area contributed by atoms with Gasteiger partial charge in [0, 0.05) is 19.1 Å². The number of ether oxygens (including phenoxy) is 2. The van der Waals surface area contributed by atoms with Crippen molar-refractivity contribution in [2.24, 2.45) is 0 Å². The third kappa shape index (κ3) is 4.71. The third-order valence-corrected chi connectivity index (χ3v) is 3.56. The number of pyridine rings is 1. The lowest BCUT2D eigenvalue weighted by Crippen LogP contribution is -2.44. The zero-order valence-corrected chi connectivity index (χ0v) is 14.1. The second-order valence-electron chi connectivity index (χ2n) is 6.59. The Balaban J connectivity index is 1.90. The number of rotatable bonds is 3. The SMILES string of the molecule is COc1c(F)cncc1NC1CCN(C(=O)OC(C)(C)C)CC1. The Morgan fingerprint density at radius 1 is 1.35 bits per heavy atom. The van der Waals surface area contributed by atoms with Gasteiger partial charge in [-0.05, 0) is 33.6 Å². The van der Waals surface area contributed by atoms with Crippen LogP contribution in [0.2, 0.25) is 0 Å². The molecule has 2 rings (SSSR count). The molecule has 0 aliphatic carbocycles. The second-order valence-corrected chi connectivity index (χ2v) is 6.59. The molecule has 1 saturated heterocycles. The summed E-state index contributed by atoms with van der Waals surface area (Å²) in [4.78, 5) is 17.6. The van der Waals surface area contributed by atoms with Crippen molar-refractivity contribution in [3.63, 3.8) is 0 Å². The van der Waals surface area contributed by atoms with E-state index >= 15 is 0 Å². The molecule has 0 radical (unpaired) electrons. The molecule has 0 bridgehead atoms. The number of likely N-dealkylation sites (tertiary alicyclic amines) is 1. The third-order valence-electron chi connectivity index (χ3n) is 3.56. The maximum atomic E-state index is 13.6. The summed E-state index contributed by atoms with van der Waals surface area (Å²) in [6.45, 7) is 6.74. The van der Waals surface area contributed by atoms with Crippen LogP contribution in [0.5, 0.6) is 5.75 Å². The topological polar surface area (TPSA) is 63.7 Å². The van der Waals surface area contributed by atoms with E-state index in [1.54, 1.807) is 11.1 Å². The van der Waals surface area contributed by atoms with Crippen molar-refractivity contribution in [1.29, 1.82) is 0 Å². The number of aromatic nitrogens is 1. The van der Waals surface area contributed by atoms with Crippen molar-refractivity contribution in [2.45, 2.75) is 45.3 Å². The molecule has 2 heterocycles. The van der Waals surface area contributed by atoms with Crippen molar-refractivity contribution >= 4 is 11.8 Å². The van der Waals surface area contributed by atoms with Gasteiger partial charge in [-0.3, -0.25) is 4.98 Å². The Kier molecular flexibility index (Phi) is 5.28. The van der Waals surface area contributed by atoms with Gasteiger partial charge in [-0.2, -0.15) is 0 Å². The number of amides is 1. The molecule has 1 aliphatic heterocycles. The average Bonchev–Trinajstić information content (AvgIpc) is 2.46. The highest BCUT2D eigenvalue weighted by Gasteiger charge is 2.27. The van der Waals surface area contributed by atoms with Gasteiger partial charge in [-0.15, -0.1) is 0 Å². The van der Waals surface area contributed by atoms with Crippen LogP contribution in [-0.2, 0) is 4.74 Å². The molecule has 1 aromatic rings. The summed E-state index contributed by atoms with van der Waals surface area (Å²) in [6, 6.07) is 0.131. The molecule has 1 fully saturated rings. The molecule has 128 valence electrons. The molecule has 1 N–H and O–H groups in total. The molecule has 1 amide bonds. The first-order valence-electron chi connectivity index (χ1n) is 7.72. The lowest BCUT2D eigenvalue weighted by Gasteiger charge is -2.34. The van der Waals surface area contributed by atoms with Crippen LogP contribution < -0.4 is 10.1 Å². The van der Waals surface area contributed by atoms with Gasteiger partial charge in [0.1, 0.15) is 5.60 Å². The minimum absolute atomic E-state index is 0.131. The molecule has 0 atom stereocenters. The van der Waals surface area contributed by atoms with Crippen molar-refractivity contribution in [1.82, 2.24) is 9.88 Å². The predicted molar refractivity (Wildman–Crippen MR) is 85.2 cm³/mol. The lowest BCUT2D eigenvalue weighted by molar-refractivity contribution is 0.0210. The standard InChI is InChI=1S/C16H24FN3O3/c1-16(2,3)23-15(21)20-7-5-11(6-8-20)19-13-10-18-9-12(17)14(13)22-4/h9-11,19H,5-8H2,1-4H3. The second kappa shape index (κ2) is 7.02. The van der Waals surface area contributed by atoms with Crippen LogP contribution in [0.25, 0.3) is 0 Å². The zero-order valence-electron chi connectivity index (χ0n) is 14.1. The fourth-order valence-corrected chi connectivity index (χ4v) is 2.49. The van der Waals surface area contributed by atoms with Gasteiger partial charge in [-0.1, -0.05) is 0 Å². The number of halogens is 1. The minimum Gasteiger partial charge on any atom is -0.491 e. The van der Waals surface area contributed by atoms with E-state index in [9.17, 15) is 9.18 Å². The molecule has 1 aromatic heterocycles. The summed E-state index contributed by atoms with van der Waals surface area (Å²) in [5.41, 5.74) is 0.0375. The summed E-state index contributed by atoms with van der Waals surface area (Å²) in [5.74, 6) is -0.335. The Bertz CT molecular complexity index is 552. The summed E-state index contributed by atoms with van der Waals surface area (Å²) in [7, 11) is 1.43. The number of nitrogens with zero attached hydrogens (tertiary/aromatic N) is 2. The molecule has 0 aromatic carbocycles. The maximum absolute atomic E-state index is 13.6. The van der Waals surface area contributed by atoms with Crippen molar-refractivity contribution in [3.05, 3.63) is 18.2 Å². The van der Waals surface area contributed by atoms with Gasteiger partial charge in [0.15, 0.2) is 11.6 Å². The van der Waals surface area contributed by atoms with Gasteiger partial charge in [0.05, 0.1) is 25.2 Å². The Morgan fingerprint density at radius 2 is 2.00 bits per heavy atom. The molecule has 0 unspecified atom stereocenters. The van der Waals surface area contributed by atoms with Crippen LogP contribution in [0.4, 0.5) is 14.9 Å². The zero-order chi connectivity index (χ0) is 17.0. The number of carbonyl (C=O) groups excluding carboxylic acids is 1. The Morgan fingerprint density at radius 3 is 2.57 bits per heavy atom. The van der Waals surface area contributed by atoms with Gasteiger partial charge in [0.2, 0.25) is 0 Å². The Hall–Kier alpha value is -2.05. The van der Waals surface area contributed by atoms with Gasteiger partial charge >= 0.3 is 6.09 Å². The lowest BCUT2D eigenvalue weighted by atomic mass is 10.1. The van der Waals surface area contributed by atoms with E-state index < -0.39 is 11.4 Å². The van der Waals surface area contributed by atoms with Crippen LogP contribution in [-0.4, -0.2) is 47.8 Å². The largest absolute Gasteiger partial charge is 0.491 e. The van der Waals surface area contributed by atoms with Crippen LogP contribution >= 0.6 is 0 Å². The van der Waals surface area contributed by atoms with Crippen LogP contribution in [0, 0.1) is 5.82 Å². The van der Waals surface area contributed by atoms with Crippen LogP contribution in [0.15, 0.2) is 12.4 Å². The number of carbonyl (C=O) groups is 1.